The highest BCUT2D eigenvalue weighted by Crippen LogP contribution is 2.27. The number of rotatable bonds is 3. The first-order valence-corrected chi connectivity index (χ1v) is 9.85. The molecule has 0 saturated carbocycles. The van der Waals surface area contributed by atoms with E-state index in [2.05, 4.69) is 9.97 Å². The number of aromatic nitrogens is 2. The summed E-state index contributed by atoms with van der Waals surface area (Å²) < 4.78 is 23.9. The van der Waals surface area contributed by atoms with Gasteiger partial charge in [-0.3, -0.25) is 0 Å². The van der Waals surface area contributed by atoms with Crippen LogP contribution in [0.1, 0.15) is 25.6 Å². The second-order valence-electron chi connectivity index (χ2n) is 5.11. The quantitative estimate of drug-likeness (QED) is 0.789. The van der Waals surface area contributed by atoms with Crippen LogP contribution >= 0.6 is 23.4 Å². The fraction of sp³-hybridized carbons (Fsp3) is 0.667. The molecule has 5 nitrogen and oxygen atoms in total. The van der Waals surface area contributed by atoms with E-state index in [9.17, 15) is 8.42 Å². The van der Waals surface area contributed by atoms with E-state index in [1.807, 2.05) is 18.7 Å². The van der Waals surface area contributed by atoms with Crippen LogP contribution in [0.25, 0.3) is 0 Å². The molecule has 0 aromatic carbocycles. The molecule has 1 aromatic heterocycles. The van der Waals surface area contributed by atoms with E-state index >= 15 is 0 Å². The fourth-order valence-corrected chi connectivity index (χ4v) is 5.04. The first-order valence-electron chi connectivity index (χ1n) is 6.37. The Morgan fingerprint density at radius 3 is 2.75 bits per heavy atom. The van der Waals surface area contributed by atoms with Crippen molar-refractivity contribution in [1.82, 2.24) is 9.97 Å². The largest absolute Gasteiger partial charge is 0.338 e. The summed E-state index contributed by atoms with van der Waals surface area (Å²) in [5.41, 5.74) is 0. The molecule has 0 bridgehead atoms. The molecule has 1 atom stereocenters. The van der Waals surface area contributed by atoms with Crippen LogP contribution in [0.2, 0.25) is 5.15 Å². The third-order valence-electron chi connectivity index (χ3n) is 3.09. The van der Waals surface area contributed by atoms with E-state index in [1.165, 1.54) is 6.26 Å². The maximum Gasteiger partial charge on any atom is 0.169 e. The van der Waals surface area contributed by atoms with E-state index < -0.39 is 15.2 Å². The summed E-state index contributed by atoms with van der Waals surface area (Å²) in [7, 11) is -3.17. The smallest absolute Gasteiger partial charge is 0.169 e. The van der Waals surface area contributed by atoms with Gasteiger partial charge in [0.2, 0.25) is 0 Å². The summed E-state index contributed by atoms with van der Waals surface area (Å²) >= 11 is 7.69. The van der Waals surface area contributed by atoms with Crippen molar-refractivity contribution >= 4 is 39.0 Å². The molecule has 0 N–H and O–H groups in total. The molecule has 1 unspecified atom stereocenters. The minimum absolute atomic E-state index is 0.142. The van der Waals surface area contributed by atoms with Crippen molar-refractivity contribution in [2.45, 2.75) is 25.1 Å². The highest BCUT2D eigenvalue weighted by atomic mass is 35.5. The van der Waals surface area contributed by atoms with Gasteiger partial charge in [0.15, 0.2) is 9.84 Å². The SMILES string of the molecule is CC(C)c1nc(Cl)cc(N2CCSCC2S(C)(=O)=O)n1. The predicted octanol–water partition coefficient (Wildman–Crippen LogP) is 2.18. The molecule has 8 heteroatoms. The molecule has 20 heavy (non-hydrogen) atoms. The lowest BCUT2D eigenvalue weighted by molar-refractivity contribution is 0.583. The van der Waals surface area contributed by atoms with Gasteiger partial charge >= 0.3 is 0 Å². The van der Waals surface area contributed by atoms with E-state index in [0.717, 1.165) is 5.75 Å². The van der Waals surface area contributed by atoms with Gasteiger partial charge < -0.3 is 4.90 Å². The predicted molar refractivity (Wildman–Crippen MR) is 84.4 cm³/mol. The average Bonchev–Trinajstić information content (AvgIpc) is 2.37. The standard InChI is InChI=1S/C12H18ClN3O2S2/c1-8(2)12-14-9(13)6-10(15-12)16-4-5-19-7-11(16)20(3,17)18/h6,8,11H,4-5,7H2,1-3H3. The molecule has 1 aliphatic heterocycles. The zero-order valence-electron chi connectivity index (χ0n) is 11.7. The first kappa shape index (κ1) is 15.9. The van der Waals surface area contributed by atoms with Gasteiger partial charge in [-0.15, -0.1) is 0 Å². The van der Waals surface area contributed by atoms with E-state index in [-0.39, 0.29) is 5.92 Å². The van der Waals surface area contributed by atoms with Crippen LogP contribution in [-0.4, -0.2) is 48.1 Å². The molecule has 0 radical (unpaired) electrons. The van der Waals surface area contributed by atoms with Crippen molar-refractivity contribution in [2.75, 3.05) is 29.2 Å². The van der Waals surface area contributed by atoms with Crippen LogP contribution < -0.4 is 4.90 Å². The van der Waals surface area contributed by atoms with Crippen molar-refractivity contribution in [3.63, 3.8) is 0 Å². The van der Waals surface area contributed by atoms with Gasteiger partial charge in [0.1, 0.15) is 22.2 Å². The van der Waals surface area contributed by atoms with Gasteiger partial charge in [0, 0.05) is 36.3 Å². The number of anilines is 1. The summed E-state index contributed by atoms with van der Waals surface area (Å²) in [4.78, 5) is 10.5. The molecule has 0 amide bonds. The molecule has 1 saturated heterocycles. The van der Waals surface area contributed by atoms with Crippen LogP contribution in [-0.2, 0) is 9.84 Å². The number of hydrogen-bond donors (Lipinski definition) is 0. The van der Waals surface area contributed by atoms with Gasteiger partial charge in [0.05, 0.1) is 0 Å². The van der Waals surface area contributed by atoms with E-state index in [4.69, 9.17) is 11.6 Å². The Morgan fingerprint density at radius 2 is 2.15 bits per heavy atom. The molecule has 2 heterocycles. The number of halogens is 1. The highest BCUT2D eigenvalue weighted by molar-refractivity contribution is 8.01. The number of nitrogens with zero attached hydrogens (tertiary/aromatic N) is 3. The van der Waals surface area contributed by atoms with Gasteiger partial charge in [-0.25, -0.2) is 18.4 Å². The average molecular weight is 336 g/mol. The Morgan fingerprint density at radius 1 is 1.45 bits per heavy atom. The lowest BCUT2D eigenvalue weighted by atomic mass is 10.2. The summed E-state index contributed by atoms with van der Waals surface area (Å²) in [6.07, 6.45) is 1.27. The minimum Gasteiger partial charge on any atom is -0.338 e. The van der Waals surface area contributed by atoms with E-state index in [0.29, 0.717) is 29.1 Å². The van der Waals surface area contributed by atoms with E-state index in [1.54, 1.807) is 17.8 Å². The zero-order chi connectivity index (χ0) is 14.9. The second kappa shape index (κ2) is 6.07. The number of thioether (sulfide) groups is 1. The topological polar surface area (TPSA) is 63.2 Å². The van der Waals surface area contributed by atoms with Crippen LogP contribution in [0.4, 0.5) is 5.82 Å². The molecular formula is C12H18ClN3O2S2. The maximum atomic E-state index is 11.9. The zero-order valence-corrected chi connectivity index (χ0v) is 14.1. The van der Waals surface area contributed by atoms with Crippen LogP contribution in [0.3, 0.4) is 0 Å². The van der Waals surface area contributed by atoms with Gasteiger partial charge in [0.25, 0.3) is 0 Å². The molecule has 1 fully saturated rings. The Hall–Kier alpha value is -0.530. The molecular weight excluding hydrogens is 318 g/mol. The Bertz CT molecular complexity index is 592. The minimum atomic E-state index is -3.17. The Labute approximate surface area is 129 Å². The van der Waals surface area contributed by atoms with Crippen molar-refractivity contribution in [2.24, 2.45) is 0 Å². The van der Waals surface area contributed by atoms with Gasteiger partial charge in [-0.05, 0) is 0 Å². The van der Waals surface area contributed by atoms with Crippen molar-refractivity contribution in [3.05, 3.63) is 17.0 Å². The highest BCUT2D eigenvalue weighted by Gasteiger charge is 2.32. The lowest BCUT2D eigenvalue weighted by Crippen LogP contribution is -2.47. The molecule has 112 valence electrons. The summed E-state index contributed by atoms with van der Waals surface area (Å²) in [5, 5.41) is -0.198. The maximum absolute atomic E-state index is 11.9. The first-order chi connectivity index (χ1) is 9.29. The summed E-state index contributed by atoms with van der Waals surface area (Å²) in [6, 6.07) is 1.64. The molecule has 0 aliphatic carbocycles. The monoisotopic (exact) mass is 335 g/mol. The number of hydrogen-bond acceptors (Lipinski definition) is 6. The number of sulfone groups is 1. The molecule has 1 aliphatic rings. The van der Waals surface area contributed by atoms with Crippen molar-refractivity contribution < 1.29 is 8.42 Å². The van der Waals surface area contributed by atoms with Gasteiger partial charge in [-0.1, -0.05) is 25.4 Å². The van der Waals surface area contributed by atoms with Crippen LogP contribution in [0.5, 0.6) is 0 Å². The third-order valence-corrected chi connectivity index (χ3v) is 5.93. The summed E-state index contributed by atoms with van der Waals surface area (Å²) in [5.74, 6) is 2.81. The lowest BCUT2D eigenvalue weighted by Gasteiger charge is -2.35. The normalized spacial score (nSPS) is 20.4. The second-order valence-corrected chi connectivity index (χ2v) is 8.85. The Balaban J connectivity index is 2.42. The summed E-state index contributed by atoms with van der Waals surface area (Å²) in [6.45, 7) is 4.61. The Kier molecular flexibility index (Phi) is 4.81. The fourth-order valence-electron chi connectivity index (χ4n) is 2.03. The van der Waals surface area contributed by atoms with Crippen molar-refractivity contribution in [3.8, 4) is 0 Å². The third kappa shape index (κ3) is 3.56. The van der Waals surface area contributed by atoms with Crippen LogP contribution in [0, 0.1) is 0 Å². The molecule has 1 aromatic rings. The van der Waals surface area contributed by atoms with Crippen molar-refractivity contribution in [1.29, 1.82) is 0 Å². The molecule has 0 spiro atoms. The van der Waals surface area contributed by atoms with Crippen LogP contribution in [0.15, 0.2) is 6.07 Å². The molecule has 2 rings (SSSR count). The van der Waals surface area contributed by atoms with Gasteiger partial charge in [-0.2, -0.15) is 11.8 Å².